The van der Waals surface area contributed by atoms with Crippen molar-refractivity contribution in [2.24, 2.45) is 11.7 Å². The van der Waals surface area contributed by atoms with Crippen LogP contribution in [0.4, 0.5) is 5.69 Å². The topological polar surface area (TPSA) is 88.8 Å². The van der Waals surface area contributed by atoms with Gasteiger partial charge >= 0.3 is 0 Å². The molecule has 0 saturated carbocycles. The summed E-state index contributed by atoms with van der Waals surface area (Å²) in [6.07, 6.45) is 0.995. The number of primary amides is 1. The molecule has 2 rings (SSSR count). The fourth-order valence-corrected chi connectivity index (χ4v) is 2.94. The van der Waals surface area contributed by atoms with Crippen LogP contribution in [0.1, 0.15) is 49.2 Å². The summed E-state index contributed by atoms with van der Waals surface area (Å²) in [7, 11) is 0. The summed E-state index contributed by atoms with van der Waals surface area (Å²) in [6.45, 7) is 6.28. The number of anilines is 1. The average molecular weight is 354 g/mol. The van der Waals surface area contributed by atoms with Gasteiger partial charge in [-0.1, -0.05) is 44.2 Å². The van der Waals surface area contributed by atoms with Crippen molar-refractivity contribution in [1.82, 2.24) is 0 Å². The fourth-order valence-electron chi connectivity index (χ4n) is 2.94. The van der Waals surface area contributed by atoms with Crippen LogP contribution >= 0.6 is 0 Å². The largest absolute Gasteiger partial charge is 0.366 e. The molecule has 26 heavy (non-hydrogen) atoms. The van der Waals surface area contributed by atoms with Gasteiger partial charge in [0.2, 0.25) is 5.91 Å². The van der Waals surface area contributed by atoms with Gasteiger partial charge in [0.25, 0.3) is 5.91 Å². The van der Waals surface area contributed by atoms with Gasteiger partial charge in [0, 0.05) is 23.2 Å². The minimum atomic E-state index is -0.482. The monoisotopic (exact) mass is 354 g/mol. The molecule has 0 heterocycles. The number of amides is 2. The van der Waals surface area contributed by atoms with Gasteiger partial charge in [0.15, 0.2) is 6.04 Å². The maximum Gasteiger partial charge on any atom is 0.282 e. The summed E-state index contributed by atoms with van der Waals surface area (Å²) in [5.74, 6) is -0.0152. The van der Waals surface area contributed by atoms with E-state index in [-0.39, 0.29) is 18.0 Å². The molecular weight excluding hydrogens is 326 g/mol. The van der Waals surface area contributed by atoms with Crippen LogP contribution in [-0.4, -0.2) is 17.9 Å². The first-order valence-corrected chi connectivity index (χ1v) is 8.97. The van der Waals surface area contributed by atoms with E-state index < -0.39 is 5.91 Å². The lowest BCUT2D eigenvalue weighted by molar-refractivity contribution is -0.714. The molecule has 0 bridgehead atoms. The van der Waals surface area contributed by atoms with Crippen LogP contribution in [0.3, 0.4) is 0 Å². The Morgan fingerprint density at radius 1 is 1.00 bits per heavy atom. The molecule has 2 amide bonds. The lowest BCUT2D eigenvalue weighted by Gasteiger charge is -2.21. The van der Waals surface area contributed by atoms with Crippen LogP contribution in [0.25, 0.3) is 0 Å². The van der Waals surface area contributed by atoms with Crippen molar-refractivity contribution in [1.29, 1.82) is 0 Å². The van der Waals surface area contributed by atoms with Crippen molar-refractivity contribution in [3.8, 4) is 0 Å². The molecule has 5 heteroatoms. The Kier molecular flexibility index (Phi) is 6.92. The Balaban J connectivity index is 2.02. The van der Waals surface area contributed by atoms with E-state index in [1.165, 1.54) is 5.56 Å². The molecule has 138 valence electrons. The van der Waals surface area contributed by atoms with Crippen LogP contribution in [0.2, 0.25) is 0 Å². The van der Waals surface area contributed by atoms with E-state index >= 15 is 0 Å². The first-order chi connectivity index (χ1) is 12.4. The van der Waals surface area contributed by atoms with Crippen LogP contribution < -0.4 is 16.4 Å². The van der Waals surface area contributed by atoms with E-state index in [2.05, 4.69) is 36.6 Å². The first-order valence-electron chi connectivity index (χ1n) is 8.97. The fraction of sp³-hybridized carbons (Fsp3) is 0.333. The highest BCUT2D eigenvalue weighted by atomic mass is 16.2. The molecule has 0 aromatic heterocycles. The number of quaternary nitrogens is 1. The predicted molar refractivity (Wildman–Crippen MR) is 104 cm³/mol. The summed E-state index contributed by atoms with van der Waals surface area (Å²) in [4.78, 5) is 23.7. The van der Waals surface area contributed by atoms with Gasteiger partial charge in [0.05, 0.1) is 0 Å². The van der Waals surface area contributed by atoms with Crippen molar-refractivity contribution in [2.75, 3.05) is 5.32 Å². The molecule has 2 aromatic rings. The number of carbonyl (C=O) groups is 2. The molecule has 0 saturated heterocycles. The number of nitrogens with two attached hydrogens (primary N) is 2. The Labute approximate surface area is 155 Å². The van der Waals surface area contributed by atoms with E-state index in [0.717, 1.165) is 6.42 Å². The minimum absolute atomic E-state index is 0.0680. The van der Waals surface area contributed by atoms with Gasteiger partial charge < -0.3 is 16.4 Å². The molecule has 2 aromatic carbocycles. The zero-order valence-electron chi connectivity index (χ0n) is 15.6. The van der Waals surface area contributed by atoms with E-state index in [4.69, 9.17) is 5.73 Å². The Morgan fingerprint density at radius 2 is 1.62 bits per heavy atom. The molecule has 5 nitrogen and oxygen atoms in total. The van der Waals surface area contributed by atoms with Crippen LogP contribution in [0.15, 0.2) is 54.6 Å². The molecule has 2 atom stereocenters. The maximum atomic E-state index is 12.5. The second kappa shape index (κ2) is 9.15. The highest BCUT2D eigenvalue weighted by Crippen LogP contribution is 2.17. The van der Waals surface area contributed by atoms with Gasteiger partial charge in [-0.25, -0.2) is 0 Å². The normalized spacial score (nSPS) is 13.2. The second-order valence-corrected chi connectivity index (χ2v) is 7.06. The molecular formula is C21H28N3O2+. The van der Waals surface area contributed by atoms with Crippen molar-refractivity contribution in [3.63, 3.8) is 0 Å². The summed E-state index contributed by atoms with van der Waals surface area (Å²) in [5.41, 5.74) is 7.53. The number of benzene rings is 2. The van der Waals surface area contributed by atoms with E-state index in [1.54, 1.807) is 24.3 Å². The molecule has 0 spiro atoms. The lowest BCUT2D eigenvalue weighted by atomic mass is 9.96. The lowest BCUT2D eigenvalue weighted by Crippen LogP contribution is -2.92. The molecule has 0 unspecified atom stereocenters. The Bertz CT molecular complexity index is 727. The minimum Gasteiger partial charge on any atom is -0.366 e. The molecule has 0 aliphatic heterocycles. The third-order valence-corrected chi connectivity index (χ3v) is 4.32. The summed E-state index contributed by atoms with van der Waals surface area (Å²) >= 11 is 0. The quantitative estimate of drug-likeness (QED) is 0.680. The Hall–Kier alpha value is -2.66. The van der Waals surface area contributed by atoms with Gasteiger partial charge in [-0.15, -0.1) is 0 Å². The zero-order chi connectivity index (χ0) is 19.1. The summed E-state index contributed by atoms with van der Waals surface area (Å²) in [6, 6.07) is 16.9. The summed E-state index contributed by atoms with van der Waals surface area (Å²) < 4.78 is 0. The van der Waals surface area contributed by atoms with Gasteiger partial charge in [-0.2, -0.15) is 0 Å². The highest BCUT2D eigenvalue weighted by Gasteiger charge is 2.24. The van der Waals surface area contributed by atoms with Gasteiger partial charge in [-0.05, 0) is 37.1 Å². The van der Waals surface area contributed by atoms with Crippen LogP contribution in [-0.2, 0) is 4.79 Å². The summed E-state index contributed by atoms with van der Waals surface area (Å²) in [5, 5.41) is 5.01. The SMILES string of the molecule is CC(C)C[C@H]([NH2+][C@@H](C)C(=O)Nc1ccc(C(N)=O)cc1)c1ccccc1. The van der Waals surface area contributed by atoms with Crippen molar-refractivity contribution in [3.05, 3.63) is 65.7 Å². The van der Waals surface area contributed by atoms with Crippen molar-refractivity contribution < 1.29 is 14.9 Å². The maximum absolute atomic E-state index is 12.5. The average Bonchev–Trinajstić information content (AvgIpc) is 2.62. The first kappa shape index (κ1) is 19.7. The molecule has 0 aliphatic rings. The van der Waals surface area contributed by atoms with E-state index in [0.29, 0.717) is 17.2 Å². The third-order valence-electron chi connectivity index (χ3n) is 4.32. The predicted octanol–water partition coefficient (Wildman–Crippen LogP) is 2.46. The number of nitrogens with one attached hydrogen (secondary N) is 1. The smallest absolute Gasteiger partial charge is 0.282 e. The highest BCUT2D eigenvalue weighted by molar-refractivity contribution is 5.95. The van der Waals surface area contributed by atoms with Crippen molar-refractivity contribution >= 4 is 17.5 Å². The van der Waals surface area contributed by atoms with Crippen LogP contribution in [0, 0.1) is 5.92 Å². The standard InChI is InChI=1S/C21H27N3O2/c1-14(2)13-19(16-7-5-4-6-8-16)23-15(3)21(26)24-18-11-9-17(10-12-18)20(22)25/h4-12,14-15,19,23H,13H2,1-3H3,(H2,22,25)(H,24,26)/p+1/t15-,19-/m0/s1. The third kappa shape index (κ3) is 5.70. The zero-order valence-corrected chi connectivity index (χ0v) is 15.6. The van der Waals surface area contributed by atoms with Crippen LogP contribution in [0.5, 0.6) is 0 Å². The number of carbonyl (C=O) groups excluding carboxylic acids is 2. The number of hydrogen-bond donors (Lipinski definition) is 3. The van der Waals surface area contributed by atoms with Crippen molar-refractivity contribution in [2.45, 2.75) is 39.3 Å². The van der Waals surface area contributed by atoms with Gasteiger partial charge in [0.1, 0.15) is 6.04 Å². The van der Waals surface area contributed by atoms with Gasteiger partial charge in [-0.3, -0.25) is 9.59 Å². The molecule has 0 radical (unpaired) electrons. The number of rotatable bonds is 8. The Morgan fingerprint density at radius 3 is 2.15 bits per heavy atom. The molecule has 0 aliphatic carbocycles. The second-order valence-electron chi connectivity index (χ2n) is 7.06. The van der Waals surface area contributed by atoms with E-state index in [9.17, 15) is 9.59 Å². The molecule has 0 fully saturated rings. The van der Waals surface area contributed by atoms with E-state index in [1.807, 2.05) is 25.1 Å². The molecule has 5 N–H and O–H groups in total. The number of hydrogen-bond acceptors (Lipinski definition) is 2.